The maximum Gasteiger partial charge on any atom is 0.135 e. The van der Waals surface area contributed by atoms with E-state index < -0.39 is 0 Å². The molecule has 3 rings (SSSR count). The van der Waals surface area contributed by atoms with Gasteiger partial charge in [0.1, 0.15) is 23.0 Å². The van der Waals surface area contributed by atoms with Crippen molar-refractivity contribution in [2.24, 2.45) is 0 Å². The fraction of sp³-hybridized carbons (Fsp3) is 0.0526. The molecule has 22 heavy (non-hydrogen) atoms. The van der Waals surface area contributed by atoms with E-state index in [1.54, 1.807) is 19.2 Å². The first-order valence-electron chi connectivity index (χ1n) is 6.96. The zero-order valence-corrected chi connectivity index (χ0v) is 12.2. The quantitative estimate of drug-likeness (QED) is 0.746. The predicted molar refractivity (Wildman–Crippen MR) is 86.6 cm³/mol. The minimum Gasteiger partial charge on any atom is -0.508 e. The molecule has 3 heteroatoms. The van der Waals surface area contributed by atoms with Crippen LogP contribution in [0.3, 0.4) is 0 Å². The van der Waals surface area contributed by atoms with Gasteiger partial charge < -0.3 is 14.6 Å². The van der Waals surface area contributed by atoms with Gasteiger partial charge in [-0.1, -0.05) is 30.3 Å². The van der Waals surface area contributed by atoms with Crippen LogP contribution in [-0.4, -0.2) is 12.2 Å². The third kappa shape index (κ3) is 3.04. The summed E-state index contributed by atoms with van der Waals surface area (Å²) in [7, 11) is 1.63. The first-order valence-corrected chi connectivity index (χ1v) is 6.96. The molecule has 0 heterocycles. The Balaban J connectivity index is 1.92. The van der Waals surface area contributed by atoms with Gasteiger partial charge >= 0.3 is 0 Å². The molecule has 3 aromatic rings. The first kappa shape index (κ1) is 14.0. The van der Waals surface area contributed by atoms with Crippen LogP contribution in [0.2, 0.25) is 0 Å². The second kappa shape index (κ2) is 6.22. The molecule has 0 saturated carbocycles. The second-order valence-corrected chi connectivity index (χ2v) is 4.82. The molecule has 0 amide bonds. The lowest BCUT2D eigenvalue weighted by molar-refractivity contribution is 0.413. The Morgan fingerprint density at radius 2 is 1.36 bits per heavy atom. The molecule has 3 aromatic carbocycles. The molecule has 0 aliphatic carbocycles. The molecule has 0 aliphatic rings. The highest BCUT2D eigenvalue weighted by Crippen LogP contribution is 2.34. The third-order valence-corrected chi connectivity index (χ3v) is 3.35. The molecule has 0 spiro atoms. The van der Waals surface area contributed by atoms with Gasteiger partial charge in [0.2, 0.25) is 0 Å². The summed E-state index contributed by atoms with van der Waals surface area (Å²) >= 11 is 0. The number of hydrogen-bond donors (Lipinski definition) is 1. The molecule has 0 radical (unpaired) electrons. The van der Waals surface area contributed by atoms with E-state index >= 15 is 0 Å². The average Bonchev–Trinajstić information content (AvgIpc) is 2.57. The van der Waals surface area contributed by atoms with Gasteiger partial charge in [0, 0.05) is 5.56 Å². The van der Waals surface area contributed by atoms with Gasteiger partial charge in [0.25, 0.3) is 0 Å². The summed E-state index contributed by atoms with van der Waals surface area (Å²) < 4.78 is 11.1. The van der Waals surface area contributed by atoms with Crippen molar-refractivity contribution in [1.82, 2.24) is 0 Å². The van der Waals surface area contributed by atoms with Crippen LogP contribution in [0, 0.1) is 0 Å². The SMILES string of the molecule is COc1ccc(Oc2ccccc2-c2ccc(O)cc2)cc1. The summed E-state index contributed by atoms with van der Waals surface area (Å²) in [6, 6.07) is 22.3. The topological polar surface area (TPSA) is 38.7 Å². The largest absolute Gasteiger partial charge is 0.508 e. The highest BCUT2D eigenvalue weighted by molar-refractivity contribution is 5.71. The Morgan fingerprint density at radius 3 is 2.05 bits per heavy atom. The van der Waals surface area contributed by atoms with Crippen molar-refractivity contribution in [3.8, 4) is 34.1 Å². The van der Waals surface area contributed by atoms with Gasteiger partial charge in [-0.15, -0.1) is 0 Å². The van der Waals surface area contributed by atoms with Gasteiger partial charge in [0.15, 0.2) is 0 Å². The smallest absolute Gasteiger partial charge is 0.135 e. The number of phenolic OH excluding ortho intramolecular Hbond substituents is 1. The van der Waals surface area contributed by atoms with Crippen molar-refractivity contribution < 1.29 is 14.6 Å². The number of phenols is 1. The Hall–Kier alpha value is -2.94. The average molecular weight is 292 g/mol. The summed E-state index contributed by atoms with van der Waals surface area (Å²) in [6.45, 7) is 0. The van der Waals surface area contributed by atoms with Crippen molar-refractivity contribution in [2.75, 3.05) is 7.11 Å². The van der Waals surface area contributed by atoms with E-state index in [0.717, 1.165) is 28.4 Å². The fourth-order valence-electron chi connectivity index (χ4n) is 2.21. The van der Waals surface area contributed by atoms with E-state index in [1.807, 2.05) is 60.7 Å². The van der Waals surface area contributed by atoms with Crippen molar-refractivity contribution in [1.29, 1.82) is 0 Å². The Labute approximate surface area is 129 Å². The normalized spacial score (nSPS) is 10.2. The zero-order chi connectivity index (χ0) is 15.4. The van der Waals surface area contributed by atoms with Crippen LogP contribution < -0.4 is 9.47 Å². The highest BCUT2D eigenvalue weighted by atomic mass is 16.5. The predicted octanol–water partition coefficient (Wildman–Crippen LogP) is 4.86. The van der Waals surface area contributed by atoms with Gasteiger partial charge in [-0.3, -0.25) is 0 Å². The maximum absolute atomic E-state index is 9.41. The molecule has 0 unspecified atom stereocenters. The monoisotopic (exact) mass is 292 g/mol. The van der Waals surface area contributed by atoms with E-state index in [4.69, 9.17) is 9.47 Å². The van der Waals surface area contributed by atoms with Crippen LogP contribution in [0.5, 0.6) is 23.0 Å². The molecule has 0 aliphatic heterocycles. The lowest BCUT2D eigenvalue weighted by atomic mass is 10.0. The van der Waals surface area contributed by atoms with E-state index in [9.17, 15) is 5.11 Å². The molecular weight excluding hydrogens is 276 g/mol. The number of aromatic hydroxyl groups is 1. The van der Waals surface area contributed by atoms with Crippen LogP contribution in [0.4, 0.5) is 0 Å². The Kier molecular flexibility index (Phi) is 3.97. The Bertz CT molecular complexity index is 746. The number of ether oxygens (including phenoxy) is 2. The van der Waals surface area contributed by atoms with E-state index in [0.29, 0.717) is 0 Å². The molecule has 3 nitrogen and oxygen atoms in total. The number of methoxy groups -OCH3 is 1. The van der Waals surface area contributed by atoms with E-state index in [-0.39, 0.29) is 5.75 Å². The zero-order valence-electron chi connectivity index (χ0n) is 12.2. The molecule has 0 bridgehead atoms. The highest BCUT2D eigenvalue weighted by Gasteiger charge is 2.07. The van der Waals surface area contributed by atoms with Crippen molar-refractivity contribution >= 4 is 0 Å². The molecule has 0 saturated heterocycles. The lowest BCUT2D eigenvalue weighted by Gasteiger charge is -2.12. The van der Waals surface area contributed by atoms with E-state index in [2.05, 4.69) is 0 Å². The lowest BCUT2D eigenvalue weighted by Crippen LogP contribution is -1.89. The third-order valence-electron chi connectivity index (χ3n) is 3.35. The van der Waals surface area contributed by atoms with Crippen molar-refractivity contribution in [2.45, 2.75) is 0 Å². The molecule has 0 aromatic heterocycles. The van der Waals surface area contributed by atoms with Crippen molar-refractivity contribution in [3.63, 3.8) is 0 Å². The maximum atomic E-state index is 9.41. The van der Waals surface area contributed by atoms with Crippen LogP contribution in [0.1, 0.15) is 0 Å². The molecule has 1 N–H and O–H groups in total. The summed E-state index contributed by atoms with van der Waals surface area (Å²) in [5.41, 5.74) is 1.96. The molecule has 110 valence electrons. The summed E-state index contributed by atoms with van der Waals surface area (Å²) in [4.78, 5) is 0. The fourth-order valence-corrected chi connectivity index (χ4v) is 2.21. The second-order valence-electron chi connectivity index (χ2n) is 4.82. The van der Waals surface area contributed by atoms with Crippen molar-refractivity contribution in [3.05, 3.63) is 72.8 Å². The minimum absolute atomic E-state index is 0.248. The van der Waals surface area contributed by atoms with Gasteiger partial charge in [-0.25, -0.2) is 0 Å². The number of rotatable bonds is 4. The van der Waals surface area contributed by atoms with Gasteiger partial charge in [0.05, 0.1) is 7.11 Å². The Morgan fingerprint density at radius 1 is 0.727 bits per heavy atom. The van der Waals surface area contributed by atoms with Crippen LogP contribution >= 0.6 is 0 Å². The standard InChI is InChI=1S/C19H16O3/c1-21-16-10-12-17(13-11-16)22-19-5-3-2-4-18(19)14-6-8-15(20)9-7-14/h2-13,20H,1H3. The first-order chi connectivity index (χ1) is 10.8. The number of para-hydroxylation sites is 1. The van der Waals surface area contributed by atoms with E-state index in [1.165, 1.54) is 0 Å². The molecule has 0 atom stereocenters. The van der Waals surface area contributed by atoms with Crippen LogP contribution in [0.15, 0.2) is 72.8 Å². The summed E-state index contributed by atoms with van der Waals surface area (Å²) in [5.74, 6) is 2.54. The number of benzene rings is 3. The van der Waals surface area contributed by atoms with Crippen LogP contribution in [0.25, 0.3) is 11.1 Å². The molecular formula is C19H16O3. The number of hydrogen-bond acceptors (Lipinski definition) is 3. The van der Waals surface area contributed by atoms with Gasteiger partial charge in [-0.05, 0) is 48.0 Å². The molecule has 0 fully saturated rings. The summed E-state index contributed by atoms with van der Waals surface area (Å²) in [6.07, 6.45) is 0. The van der Waals surface area contributed by atoms with Crippen LogP contribution in [-0.2, 0) is 0 Å². The summed E-state index contributed by atoms with van der Waals surface area (Å²) in [5, 5.41) is 9.41. The minimum atomic E-state index is 0.248. The van der Waals surface area contributed by atoms with Gasteiger partial charge in [-0.2, -0.15) is 0 Å².